The molecule has 0 unspecified atom stereocenters. The Balaban J connectivity index is 2.09. The number of ether oxygens (including phenoxy) is 1. The summed E-state index contributed by atoms with van der Waals surface area (Å²) in [5.74, 6) is 0.156. The van der Waals surface area contributed by atoms with E-state index in [-0.39, 0.29) is 6.42 Å². The molecule has 0 atom stereocenters. The summed E-state index contributed by atoms with van der Waals surface area (Å²) >= 11 is 2.24. The molecule has 0 heterocycles. The molecule has 1 aromatic rings. The molecular formula is C12H15IO3. The molecule has 0 aromatic heterocycles. The average molecular weight is 334 g/mol. The third kappa shape index (κ3) is 5.95. The van der Waals surface area contributed by atoms with E-state index in [0.717, 1.165) is 28.6 Å². The summed E-state index contributed by atoms with van der Waals surface area (Å²) in [7, 11) is 0. The number of benzene rings is 1. The molecule has 0 aliphatic rings. The van der Waals surface area contributed by atoms with Crippen molar-refractivity contribution in [1.29, 1.82) is 0 Å². The van der Waals surface area contributed by atoms with E-state index in [1.54, 1.807) is 0 Å². The highest BCUT2D eigenvalue weighted by atomic mass is 127. The van der Waals surface area contributed by atoms with Crippen molar-refractivity contribution < 1.29 is 14.6 Å². The summed E-state index contributed by atoms with van der Waals surface area (Å²) in [5.41, 5.74) is 0. The first-order valence-corrected chi connectivity index (χ1v) is 6.36. The van der Waals surface area contributed by atoms with Crippen LogP contribution in [0.5, 0.6) is 5.75 Å². The number of unbranched alkanes of at least 4 members (excludes halogenated alkanes) is 2. The number of hydrogen-bond donors (Lipinski definition) is 1. The molecule has 0 saturated heterocycles. The number of carboxylic acid groups (broad SMARTS) is 1. The van der Waals surface area contributed by atoms with Gasteiger partial charge in [-0.05, 0) is 60.1 Å². The second kappa shape index (κ2) is 7.49. The van der Waals surface area contributed by atoms with Crippen LogP contribution >= 0.6 is 22.6 Å². The van der Waals surface area contributed by atoms with Gasteiger partial charge >= 0.3 is 5.97 Å². The van der Waals surface area contributed by atoms with Gasteiger partial charge in [0.25, 0.3) is 0 Å². The molecule has 4 heteroatoms. The molecule has 1 rings (SSSR count). The lowest BCUT2D eigenvalue weighted by Crippen LogP contribution is -1.99. The Morgan fingerprint density at radius 1 is 1.31 bits per heavy atom. The number of hydrogen-bond acceptors (Lipinski definition) is 2. The van der Waals surface area contributed by atoms with Crippen molar-refractivity contribution in [1.82, 2.24) is 0 Å². The molecule has 0 fully saturated rings. The number of rotatable bonds is 7. The fourth-order valence-electron chi connectivity index (χ4n) is 1.30. The Morgan fingerprint density at radius 2 is 2.12 bits per heavy atom. The Labute approximate surface area is 109 Å². The van der Waals surface area contributed by atoms with Gasteiger partial charge in [-0.25, -0.2) is 0 Å². The Morgan fingerprint density at radius 3 is 2.81 bits per heavy atom. The van der Waals surface area contributed by atoms with Crippen molar-refractivity contribution in [3.8, 4) is 5.75 Å². The van der Waals surface area contributed by atoms with Gasteiger partial charge in [0.1, 0.15) is 5.75 Å². The molecular weight excluding hydrogens is 319 g/mol. The van der Waals surface area contributed by atoms with Crippen LogP contribution in [0.2, 0.25) is 0 Å². The predicted molar refractivity (Wildman–Crippen MR) is 70.8 cm³/mol. The number of halogens is 1. The van der Waals surface area contributed by atoms with Crippen molar-refractivity contribution >= 4 is 28.6 Å². The van der Waals surface area contributed by atoms with Crippen molar-refractivity contribution in [2.45, 2.75) is 25.7 Å². The molecule has 1 aromatic carbocycles. The van der Waals surface area contributed by atoms with Crippen LogP contribution in [-0.4, -0.2) is 17.7 Å². The van der Waals surface area contributed by atoms with Crippen LogP contribution in [0.15, 0.2) is 24.3 Å². The fourth-order valence-corrected chi connectivity index (χ4v) is 1.82. The van der Waals surface area contributed by atoms with Gasteiger partial charge in [-0.15, -0.1) is 0 Å². The highest BCUT2D eigenvalue weighted by Gasteiger charge is 1.97. The number of carbonyl (C=O) groups is 1. The summed E-state index contributed by atoms with van der Waals surface area (Å²) in [6.07, 6.45) is 2.78. The van der Waals surface area contributed by atoms with Gasteiger partial charge in [0.15, 0.2) is 0 Å². The van der Waals surface area contributed by atoms with Gasteiger partial charge in [-0.3, -0.25) is 4.79 Å². The summed E-state index contributed by atoms with van der Waals surface area (Å²) in [6.45, 7) is 0.652. The van der Waals surface area contributed by atoms with Crippen LogP contribution in [0.1, 0.15) is 25.7 Å². The Bertz CT molecular complexity index is 339. The maximum absolute atomic E-state index is 10.3. The minimum absolute atomic E-state index is 0.253. The molecule has 0 radical (unpaired) electrons. The largest absolute Gasteiger partial charge is 0.494 e. The van der Waals surface area contributed by atoms with Crippen LogP contribution in [0.25, 0.3) is 0 Å². The topological polar surface area (TPSA) is 46.5 Å². The van der Waals surface area contributed by atoms with Crippen LogP contribution in [-0.2, 0) is 4.79 Å². The van der Waals surface area contributed by atoms with Gasteiger partial charge in [0.05, 0.1) is 6.61 Å². The van der Waals surface area contributed by atoms with Crippen LogP contribution < -0.4 is 4.74 Å². The van der Waals surface area contributed by atoms with Crippen LogP contribution in [0.4, 0.5) is 0 Å². The molecule has 0 spiro atoms. The first-order valence-electron chi connectivity index (χ1n) is 5.28. The highest BCUT2D eigenvalue weighted by molar-refractivity contribution is 14.1. The zero-order valence-electron chi connectivity index (χ0n) is 8.99. The highest BCUT2D eigenvalue weighted by Crippen LogP contribution is 2.15. The van der Waals surface area contributed by atoms with Gasteiger partial charge in [-0.2, -0.15) is 0 Å². The summed E-state index contributed by atoms with van der Waals surface area (Å²) in [5, 5.41) is 8.45. The molecule has 1 N–H and O–H groups in total. The van der Waals surface area contributed by atoms with E-state index in [0.29, 0.717) is 6.61 Å². The van der Waals surface area contributed by atoms with E-state index in [1.807, 2.05) is 24.3 Å². The zero-order chi connectivity index (χ0) is 11.8. The van der Waals surface area contributed by atoms with Crippen molar-refractivity contribution in [2.24, 2.45) is 0 Å². The number of aliphatic carboxylic acids is 1. The average Bonchev–Trinajstić information content (AvgIpc) is 2.23. The lowest BCUT2D eigenvalue weighted by molar-refractivity contribution is -0.137. The molecule has 0 aliphatic carbocycles. The van der Waals surface area contributed by atoms with Crippen molar-refractivity contribution in [2.75, 3.05) is 6.61 Å². The lowest BCUT2D eigenvalue weighted by Gasteiger charge is -2.05. The molecule has 16 heavy (non-hydrogen) atoms. The second-order valence-corrected chi connectivity index (χ2v) is 4.76. The molecule has 0 bridgehead atoms. The first-order chi connectivity index (χ1) is 7.68. The maximum atomic E-state index is 10.3. The number of carboxylic acids is 1. The van der Waals surface area contributed by atoms with Gasteiger partial charge in [0.2, 0.25) is 0 Å². The van der Waals surface area contributed by atoms with E-state index in [9.17, 15) is 4.79 Å². The molecule has 88 valence electrons. The molecule has 0 aliphatic heterocycles. The van der Waals surface area contributed by atoms with Crippen molar-refractivity contribution in [3.05, 3.63) is 27.8 Å². The normalized spacial score (nSPS) is 10.1. The van der Waals surface area contributed by atoms with Crippen LogP contribution in [0, 0.1) is 3.57 Å². The molecule has 0 amide bonds. The molecule has 3 nitrogen and oxygen atoms in total. The summed E-state index contributed by atoms with van der Waals surface area (Å²) in [6, 6.07) is 7.89. The van der Waals surface area contributed by atoms with Gasteiger partial charge in [0, 0.05) is 9.99 Å². The predicted octanol–water partition coefficient (Wildman–Crippen LogP) is 3.32. The lowest BCUT2D eigenvalue weighted by atomic mass is 10.2. The monoisotopic (exact) mass is 334 g/mol. The Hall–Kier alpha value is -0.780. The second-order valence-electron chi connectivity index (χ2n) is 3.51. The van der Waals surface area contributed by atoms with Crippen molar-refractivity contribution in [3.63, 3.8) is 0 Å². The third-order valence-corrected chi connectivity index (χ3v) is 2.77. The van der Waals surface area contributed by atoms with E-state index in [4.69, 9.17) is 9.84 Å². The van der Waals surface area contributed by atoms with Gasteiger partial charge in [-0.1, -0.05) is 6.07 Å². The minimum Gasteiger partial charge on any atom is -0.494 e. The first kappa shape index (κ1) is 13.3. The van der Waals surface area contributed by atoms with E-state index >= 15 is 0 Å². The smallest absolute Gasteiger partial charge is 0.303 e. The van der Waals surface area contributed by atoms with Gasteiger partial charge < -0.3 is 9.84 Å². The van der Waals surface area contributed by atoms with E-state index < -0.39 is 5.97 Å². The summed E-state index contributed by atoms with van der Waals surface area (Å²) < 4.78 is 6.70. The van der Waals surface area contributed by atoms with E-state index in [2.05, 4.69) is 22.6 Å². The van der Waals surface area contributed by atoms with Crippen LogP contribution in [0.3, 0.4) is 0 Å². The standard InChI is InChI=1S/C12H15IO3/c13-10-5-4-6-11(9-10)16-8-3-1-2-7-12(14)15/h4-6,9H,1-3,7-8H2,(H,14,15). The maximum Gasteiger partial charge on any atom is 0.303 e. The fraction of sp³-hybridized carbons (Fsp3) is 0.417. The zero-order valence-corrected chi connectivity index (χ0v) is 11.1. The summed E-state index contributed by atoms with van der Waals surface area (Å²) in [4.78, 5) is 10.3. The Kier molecular flexibility index (Phi) is 6.22. The van der Waals surface area contributed by atoms with E-state index in [1.165, 1.54) is 0 Å². The third-order valence-electron chi connectivity index (χ3n) is 2.10. The molecule has 0 saturated carbocycles. The quantitative estimate of drug-likeness (QED) is 0.615. The SMILES string of the molecule is O=C(O)CCCCCOc1cccc(I)c1. The minimum atomic E-state index is -0.724.